The third-order valence-electron chi connectivity index (χ3n) is 4.81. The maximum absolute atomic E-state index is 4.54. The predicted octanol–water partition coefficient (Wildman–Crippen LogP) is 4.57. The number of fused-ring (bicyclic) bond motifs is 1. The third kappa shape index (κ3) is 3.34. The quantitative estimate of drug-likeness (QED) is 0.476. The van der Waals surface area contributed by atoms with Gasteiger partial charge in [0.1, 0.15) is 17.5 Å². The lowest BCUT2D eigenvalue weighted by Gasteiger charge is -2.09. The Hall–Kier alpha value is -4.00. The molecular formula is C22H19N7. The molecule has 2 N–H and O–H groups in total. The molecule has 3 heterocycles. The van der Waals surface area contributed by atoms with E-state index in [2.05, 4.69) is 54.8 Å². The van der Waals surface area contributed by atoms with E-state index in [4.69, 9.17) is 0 Å². The van der Waals surface area contributed by atoms with Crippen LogP contribution >= 0.6 is 0 Å². The molecule has 7 nitrogen and oxygen atoms in total. The summed E-state index contributed by atoms with van der Waals surface area (Å²) in [6.07, 6.45) is 5.59. The predicted molar refractivity (Wildman–Crippen MR) is 113 cm³/mol. The van der Waals surface area contributed by atoms with Crippen LogP contribution in [0.2, 0.25) is 0 Å². The van der Waals surface area contributed by atoms with Crippen molar-refractivity contribution in [2.75, 3.05) is 5.32 Å². The summed E-state index contributed by atoms with van der Waals surface area (Å²) in [6.45, 7) is 3.84. The SMILES string of the molecule is Cc1nc(C)n(-c2ccc(Nc3cc4cc(-c5cn[nH]c5)ccc4cn3)cc2)n1. The van der Waals surface area contributed by atoms with Crippen molar-refractivity contribution in [1.82, 2.24) is 29.9 Å². The number of aromatic nitrogens is 6. The minimum atomic E-state index is 0.764. The summed E-state index contributed by atoms with van der Waals surface area (Å²) in [6, 6.07) is 16.4. The summed E-state index contributed by atoms with van der Waals surface area (Å²) in [5.41, 5.74) is 4.12. The number of nitrogens with one attached hydrogen (secondary N) is 2. The lowest BCUT2D eigenvalue weighted by molar-refractivity contribution is 0.831. The molecule has 0 saturated carbocycles. The van der Waals surface area contributed by atoms with E-state index in [0.717, 1.165) is 50.7 Å². The standard InChI is InChI=1S/C22H19N7/c1-14-26-15(2)29(28-14)21-7-5-20(6-8-21)27-22-10-18-9-16(19-12-24-25-13-19)3-4-17(18)11-23-22/h3-13H,1-2H3,(H,23,27)(H,24,25). The maximum atomic E-state index is 4.54. The first-order valence-corrected chi connectivity index (χ1v) is 9.32. The van der Waals surface area contributed by atoms with Gasteiger partial charge in [0.2, 0.25) is 0 Å². The van der Waals surface area contributed by atoms with Crippen molar-refractivity contribution in [3.63, 3.8) is 0 Å². The van der Waals surface area contributed by atoms with Crippen LogP contribution in [0, 0.1) is 13.8 Å². The zero-order valence-corrected chi connectivity index (χ0v) is 16.1. The monoisotopic (exact) mass is 381 g/mol. The smallest absolute Gasteiger partial charge is 0.148 e. The van der Waals surface area contributed by atoms with Crippen molar-refractivity contribution in [3.8, 4) is 16.8 Å². The largest absolute Gasteiger partial charge is 0.340 e. The number of H-pyrrole nitrogens is 1. The van der Waals surface area contributed by atoms with Crippen molar-refractivity contribution in [2.24, 2.45) is 0 Å². The van der Waals surface area contributed by atoms with Crippen LogP contribution < -0.4 is 5.32 Å². The molecule has 142 valence electrons. The number of rotatable bonds is 4. The summed E-state index contributed by atoms with van der Waals surface area (Å²) >= 11 is 0. The van der Waals surface area contributed by atoms with Gasteiger partial charge in [0.15, 0.2) is 0 Å². The minimum absolute atomic E-state index is 0.764. The Morgan fingerprint density at radius 1 is 0.897 bits per heavy atom. The number of anilines is 2. The fraction of sp³-hybridized carbons (Fsp3) is 0.0909. The lowest BCUT2D eigenvalue weighted by atomic mass is 10.1. The molecule has 5 rings (SSSR count). The zero-order valence-electron chi connectivity index (χ0n) is 16.1. The average Bonchev–Trinajstić information content (AvgIpc) is 3.38. The minimum Gasteiger partial charge on any atom is -0.340 e. The number of nitrogens with zero attached hydrogens (tertiary/aromatic N) is 5. The van der Waals surface area contributed by atoms with Gasteiger partial charge in [-0.2, -0.15) is 10.2 Å². The topological polar surface area (TPSA) is 84.3 Å². The molecule has 0 fully saturated rings. The van der Waals surface area contributed by atoms with Crippen molar-refractivity contribution in [1.29, 1.82) is 0 Å². The summed E-state index contributed by atoms with van der Waals surface area (Å²) in [7, 11) is 0. The number of hydrogen-bond donors (Lipinski definition) is 2. The van der Waals surface area contributed by atoms with Gasteiger partial charge in [-0.15, -0.1) is 0 Å². The van der Waals surface area contributed by atoms with Crippen LogP contribution in [-0.2, 0) is 0 Å². The van der Waals surface area contributed by atoms with Crippen molar-refractivity contribution in [2.45, 2.75) is 13.8 Å². The molecule has 0 saturated heterocycles. The fourth-order valence-corrected chi connectivity index (χ4v) is 3.40. The van der Waals surface area contributed by atoms with Crippen molar-refractivity contribution < 1.29 is 0 Å². The van der Waals surface area contributed by atoms with Crippen molar-refractivity contribution >= 4 is 22.3 Å². The Morgan fingerprint density at radius 2 is 1.76 bits per heavy atom. The first kappa shape index (κ1) is 17.1. The zero-order chi connectivity index (χ0) is 19.8. The third-order valence-corrected chi connectivity index (χ3v) is 4.81. The first-order chi connectivity index (χ1) is 14.2. The average molecular weight is 381 g/mol. The van der Waals surface area contributed by atoms with Crippen LogP contribution in [-0.4, -0.2) is 29.9 Å². The highest BCUT2D eigenvalue weighted by Crippen LogP contribution is 2.26. The van der Waals surface area contributed by atoms with Gasteiger partial charge < -0.3 is 5.32 Å². The van der Waals surface area contributed by atoms with E-state index in [0.29, 0.717) is 0 Å². The Bertz CT molecular complexity index is 1290. The van der Waals surface area contributed by atoms with Gasteiger partial charge in [-0.3, -0.25) is 5.10 Å². The fourth-order valence-electron chi connectivity index (χ4n) is 3.40. The van der Waals surface area contributed by atoms with Gasteiger partial charge in [-0.1, -0.05) is 12.1 Å². The second-order valence-electron chi connectivity index (χ2n) is 6.91. The van der Waals surface area contributed by atoms with Gasteiger partial charge in [-0.25, -0.2) is 14.6 Å². The summed E-state index contributed by atoms with van der Waals surface area (Å²) in [5.74, 6) is 2.43. The molecule has 3 aromatic heterocycles. The van der Waals surface area contributed by atoms with E-state index in [1.807, 2.05) is 61.4 Å². The van der Waals surface area contributed by atoms with Crippen LogP contribution in [0.25, 0.3) is 27.6 Å². The molecule has 0 radical (unpaired) electrons. The highest BCUT2D eigenvalue weighted by atomic mass is 15.3. The molecule has 0 aliphatic carbocycles. The molecule has 0 aliphatic rings. The number of aromatic amines is 1. The molecule has 5 aromatic rings. The lowest BCUT2D eigenvalue weighted by Crippen LogP contribution is -2.00. The Kier molecular flexibility index (Phi) is 4.05. The van der Waals surface area contributed by atoms with Crippen LogP contribution in [0.3, 0.4) is 0 Å². The first-order valence-electron chi connectivity index (χ1n) is 9.32. The van der Waals surface area contributed by atoms with Gasteiger partial charge in [-0.05, 0) is 61.2 Å². The Labute approximate surface area is 167 Å². The van der Waals surface area contributed by atoms with E-state index < -0.39 is 0 Å². The number of hydrogen-bond acceptors (Lipinski definition) is 5. The number of benzene rings is 2. The molecule has 29 heavy (non-hydrogen) atoms. The van der Waals surface area contributed by atoms with Crippen LogP contribution in [0.5, 0.6) is 0 Å². The van der Waals surface area contributed by atoms with Crippen molar-refractivity contribution in [3.05, 3.63) is 78.8 Å². The van der Waals surface area contributed by atoms with Gasteiger partial charge in [0, 0.05) is 29.0 Å². The number of pyridine rings is 1. The molecule has 0 amide bonds. The van der Waals surface area contributed by atoms with E-state index in [9.17, 15) is 0 Å². The van der Waals surface area contributed by atoms with E-state index in [1.165, 1.54) is 0 Å². The normalized spacial score (nSPS) is 11.1. The Balaban J connectivity index is 1.41. The molecule has 0 unspecified atom stereocenters. The Morgan fingerprint density at radius 3 is 2.48 bits per heavy atom. The second-order valence-corrected chi connectivity index (χ2v) is 6.91. The summed E-state index contributed by atoms with van der Waals surface area (Å²) < 4.78 is 1.84. The molecule has 0 aliphatic heterocycles. The second kappa shape index (κ2) is 6.87. The van der Waals surface area contributed by atoms with E-state index >= 15 is 0 Å². The summed E-state index contributed by atoms with van der Waals surface area (Å²) in [4.78, 5) is 8.89. The molecule has 0 atom stereocenters. The highest BCUT2D eigenvalue weighted by molar-refractivity contribution is 5.88. The highest BCUT2D eigenvalue weighted by Gasteiger charge is 2.06. The molecular weight excluding hydrogens is 362 g/mol. The van der Waals surface area contributed by atoms with Crippen LogP contribution in [0.1, 0.15) is 11.6 Å². The molecule has 7 heteroatoms. The van der Waals surface area contributed by atoms with E-state index in [-0.39, 0.29) is 0 Å². The maximum Gasteiger partial charge on any atom is 0.148 e. The van der Waals surface area contributed by atoms with Crippen LogP contribution in [0.4, 0.5) is 11.5 Å². The molecule has 0 bridgehead atoms. The van der Waals surface area contributed by atoms with Gasteiger partial charge >= 0.3 is 0 Å². The summed E-state index contributed by atoms with van der Waals surface area (Å²) in [5, 5.41) is 16.9. The van der Waals surface area contributed by atoms with Crippen LogP contribution in [0.15, 0.2) is 67.1 Å². The van der Waals surface area contributed by atoms with Gasteiger partial charge in [0.25, 0.3) is 0 Å². The number of aryl methyl sites for hydroxylation is 2. The molecule has 0 spiro atoms. The van der Waals surface area contributed by atoms with E-state index in [1.54, 1.807) is 0 Å². The molecule has 2 aromatic carbocycles. The van der Waals surface area contributed by atoms with Gasteiger partial charge in [0.05, 0.1) is 11.9 Å².